The number of nitrogens with zero attached hydrogens (tertiary/aromatic N) is 3. The van der Waals surface area contributed by atoms with Crippen LogP contribution in [0.3, 0.4) is 0 Å². The lowest BCUT2D eigenvalue weighted by molar-refractivity contribution is -0.119. The molecule has 2 aliphatic heterocycles. The molecule has 3 aromatic rings. The summed E-state index contributed by atoms with van der Waals surface area (Å²) in [4.78, 5) is 41.5. The van der Waals surface area contributed by atoms with Crippen molar-refractivity contribution in [3.8, 4) is 5.75 Å². The Bertz CT molecular complexity index is 1460. The molecule has 1 fully saturated rings. The van der Waals surface area contributed by atoms with Crippen LogP contribution in [0.4, 0.5) is 8.78 Å². The highest BCUT2D eigenvalue weighted by Crippen LogP contribution is 2.34. The predicted molar refractivity (Wildman–Crippen MR) is 145 cm³/mol. The van der Waals surface area contributed by atoms with E-state index in [2.05, 4.69) is 6.08 Å². The van der Waals surface area contributed by atoms with Crippen LogP contribution in [0.15, 0.2) is 58.1 Å². The number of carbonyl (C=O) groups is 1. The Hall–Kier alpha value is -3.40. The minimum absolute atomic E-state index is 0.0793. The zero-order valence-electron chi connectivity index (χ0n) is 20.9. The minimum Gasteiger partial charge on any atom is -0.485 e. The van der Waals surface area contributed by atoms with Gasteiger partial charge in [0, 0.05) is 29.8 Å². The fourth-order valence-electron chi connectivity index (χ4n) is 5.05. The second-order valence-corrected chi connectivity index (χ2v) is 10.7. The molecule has 0 N–H and O–H groups in total. The third-order valence-corrected chi connectivity index (χ3v) is 8.24. The van der Waals surface area contributed by atoms with E-state index in [1.54, 1.807) is 15.5 Å². The van der Waals surface area contributed by atoms with Crippen LogP contribution in [0.1, 0.15) is 36.4 Å². The van der Waals surface area contributed by atoms with Crippen molar-refractivity contribution in [2.75, 3.05) is 32.2 Å². The summed E-state index contributed by atoms with van der Waals surface area (Å²) in [5, 5.41) is 0.237. The second-order valence-electron chi connectivity index (χ2n) is 9.55. The number of likely N-dealkylation sites (tertiary alicyclic amines) is 1. The molecular formula is C28H29F2N3O4S. The van der Waals surface area contributed by atoms with Crippen molar-refractivity contribution >= 4 is 34.0 Å². The van der Waals surface area contributed by atoms with E-state index < -0.39 is 30.7 Å². The van der Waals surface area contributed by atoms with Crippen molar-refractivity contribution in [3.63, 3.8) is 0 Å². The van der Waals surface area contributed by atoms with Crippen LogP contribution in [0.5, 0.6) is 5.75 Å². The highest BCUT2D eigenvalue weighted by atomic mass is 32.2. The number of piperidine rings is 1. The zero-order valence-corrected chi connectivity index (χ0v) is 21.7. The summed E-state index contributed by atoms with van der Waals surface area (Å²) in [6.45, 7) is -0.910. The first-order chi connectivity index (χ1) is 18.5. The van der Waals surface area contributed by atoms with Crippen LogP contribution in [-0.4, -0.2) is 58.7 Å². The van der Waals surface area contributed by atoms with Gasteiger partial charge in [-0.2, -0.15) is 0 Å². The molecule has 3 heterocycles. The van der Waals surface area contributed by atoms with Gasteiger partial charge in [0.2, 0.25) is 6.41 Å². The number of thioether (sulfide) groups is 1. The van der Waals surface area contributed by atoms with E-state index in [1.165, 1.54) is 21.6 Å². The third-order valence-electron chi connectivity index (χ3n) is 7.08. The highest BCUT2D eigenvalue weighted by molar-refractivity contribution is 8.08. The minimum atomic E-state index is -1.26. The molecule has 2 aliphatic rings. The summed E-state index contributed by atoms with van der Waals surface area (Å²) >= 11 is 1.81. The monoisotopic (exact) mass is 541 g/mol. The third kappa shape index (κ3) is 5.27. The van der Waals surface area contributed by atoms with Crippen LogP contribution >= 0.6 is 11.8 Å². The maximum atomic E-state index is 13.8. The summed E-state index contributed by atoms with van der Waals surface area (Å²) in [6, 6.07) is 12.2. The number of hydrogen-bond acceptors (Lipinski definition) is 5. The van der Waals surface area contributed by atoms with Crippen molar-refractivity contribution in [1.29, 1.82) is 0 Å². The quantitative estimate of drug-likeness (QED) is 0.381. The number of ether oxygens (including phenoxy) is 1. The van der Waals surface area contributed by atoms with Gasteiger partial charge in [0.25, 0.3) is 5.56 Å². The largest absolute Gasteiger partial charge is 0.485 e. The van der Waals surface area contributed by atoms with Crippen LogP contribution < -0.4 is 16.0 Å². The van der Waals surface area contributed by atoms with Gasteiger partial charge < -0.3 is 9.64 Å². The number of allylic oxidation sites excluding steroid dienone is 1. The van der Waals surface area contributed by atoms with Gasteiger partial charge in [-0.1, -0.05) is 30.3 Å². The first kappa shape index (κ1) is 26.2. The second kappa shape index (κ2) is 11.6. The van der Waals surface area contributed by atoms with Gasteiger partial charge in [-0.3, -0.25) is 18.7 Å². The molecule has 0 atom stereocenters. The molecule has 0 unspecified atom stereocenters. The van der Waals surface area contributed by atoms with E-state index in [0.717, 1.165) is 29.7 Å². The Morgan fingerprint density at radius 2 is 1.79 bits per heavy atom. The zero-order chi connectivity index (χ0) is 26.6. The van der Waals surface area contributed by atoms with Crippen LogP contribution in [0.25, 0.3) is 15.8 Å². The molecule has 0 spiro atoms. The molecule has 1 amide bonds. The Morgan fingerprint density at radius 1 is 1.05 bits per heavy atom. The summed E-state index contributed by atoms with van der Waals surface area (Å²) in [5.74, 6) is 1.23. The Balaban J connectivity index is 1.57. The van der Waals surface area contributed by atoms with E-state index in [-0.39, 0.29) is 23.7 Å². The molecule has 1 aromatic heterocycles. The number of benzene rings is 2. The SMILES string of the molecule is O=CN1CCC(n2c(=O)n(Cc3ccc(C4=CCCS4)cc3)c(=O)c3cc(OC(CF)CF)ccc32)CC1. The molecular weight excluding hydrogens is 512 g/mol. The van der Waals surface area contributed by atoms with Crippen molar-refractivity contribution in [2.24, 2.45) is 0 Å². The number of halogens is 2. The lowest BCUT2D eigenvalue weighted by Crippen LogP contribution is -2.44. The van der Waals surface area contributed by atoms with Crippen molar-refractivity contribution in [2.45, 2.75) is 38.0 Å². The number of hydrogen-bond donors (Lipinski definition) is 0. The molecule has 7 nitrogen and oxygen atoms in total. The average Bonchev–Trinajstić information content (AvgIpc) is 3.50. The van der Waals surface area contributed by atoms with E-state index >= 15 is 0 Å². The van der Waals surface area contributed by atoms with E-state index in [0.29, 0.717) is 31.4 Å². The number of carbonyl (C=O) groups excluding carboxylic acids is 1. The molecule has 0 aliphatic carbocycles. The molecule has 200 valence electrons. The van der Waals surface area contributed by atoms with Crippen molar-refractivity contribution in [3.05, 3.63) is 80.5 Å². The first-order valence-corrected chi connectivity index (χ1v) is 13.7. The number of aromatic nitrogens is 2. The number of rotatable bonds is 9. The van der Waals surface area contributed by atoms with Crippen molar-refractivity contribution < 1.29 is 18.3 Å². The molecule has 0 radical (unpaired) electrons. The fourth-order valence-corrected chi connectivity index (χ4v) is 6.04. The molecule has 10 heteroatoms. The van der Waals surface area contributed by atoms with Gasteiger partial charge in [0.05, 0.1) is 17.4 Å². The summed E-state index contributed by atoms with van der Waals surface area (Å²) < 4.78 is 34.4. The standard InChI is InChI=1S/C28H29F2N3O4S/c29-15-23(16-30)37-22-7-8-25-24(14-22)27(35)32(28(36)33(25)21-9-11-31(18-34)12-10-21)17-19-3-5-20(6-4-19)26-2-1-13-38-26/h2-8,14,18,21,23H,1,9-13,15-17H2. The average molecular weight is 542 g/mol. The summed E-state index contributed by atoms with van der Waals surface area (Å²) in [5.41, 5.74) is 1.43. The smallest absolute Gasteiger partial charge is 0.332 e. The maximum absolute atomic E-state index is 13.8. The molecule has 1 saturated heterocycles. The van der Waals surface area contributed by atoms with Gasteiger partial charge in [0.1, 0.15) is 19.1 Å². The Kier molecular flexibility index (Phi) is 7.97. The van der Waals surface area contributed by atoms with Crippen molar-refractivity contribution in [1.82, 2.24) is 14.0 Å². The lowest BCUT2D eigenvalue weighted by Gasteiger charge is -2.31. The molecule has 5 rings (SSSR count). The van der Waals surface area contributed by atoms with Gasteiger partial charge in [0.15, 0.2) is 6.10 Å². The number of fused-ring (bicyclic) bond motifs is 1. The molecule has 0 bridgehead atoms. The van der Waals surface area contributed by atoms with E-state index in [4.69, 9.17) is 4.74 Å². The van der Waals surface area contributed by atoms with Crippen LogP contribution in [0, 0.1) is 0 Å². The highest BCUT2D eigenvalue weighted by Gasteiger charge is 2.25. The maximum Gasteiger partial charge on any atom is 0.332 e. The van der Waals surface area contributed by atoms with Gasteiger partial charge in [-0.05, 0) is 48.6 Å². The molecule has 0 saturated carbocycles. The fraction of sp³-hybridized carbons (Fsp3) is 0.393. The molecule has 2 aromatic carbocycles. The van der Waals surface area contributed by atoms with E-state index in [1.807, 2.05) is 36.0 Å². The van der Waals surface area contributed by atoms with Crippen LogP contribution in [-0.2, 0) is 11.3 Å². The summed E-state index contributed by atoms with van der Waals surface area (Å²) in [6.07, 6.45) is 3.92. The van der Waals surface area contributed by atoms with Gasteiger partial charge in [-0.25, -0.2) is 13.6 Å². The lowest BCUT2D eigenvalue weighted by atomic mass is 10.0. The Labute approximate surface area is 222 Å². The van der Waals surface area contributed by atoms with Crippen LogP contribution in [0.2, 0.25) is 0 Å². The normalized spacial score (nSPS) is 16.3. The van der Waals surface area contributed by atoms with Gasteiger partial charge >= 0.3 is 5.69 Å². The van der Waals surface area contributed by atoms with Gasteiger partial charge in [-0.15, -0.1) is 11.8 Å². The summed E-state index contributed by atoms with van der Waals surface area (Å²) in [7, 11) is 0. The predicted octanol–water partition coefficient (Wildman–Crippen LogP) is 4.17. The number of amides is 1. The molecule has 38 heavy (non-hydrogen) atoms. The first-order valence-electron chi connectivity index (χ1n) is 12.7. The van der Waals surface area contributed by atoms with E-state index in [9.17, 15) is 23.2 Å². The number of alkyl halides is 2. The topological polar surface area (TPSA) is 73.5 Å². The Morgan fingerprint density at radius 3 is 2.42 bits per heavy atom.